The molecule has 0 amide bonds. The van der Waals surface area contributed by atoms with Crippen LogP contribution in [-0.4, -0.2) is 12.1 Å². The summed E-state index contributed by atoms with van der Waals surface area (Å²) in [6.07, 6.45) is 27.1. The molecule has 4 rings (SSSR count). The number of carbonyl (C=O) groups excluding carboxylic acids is 1. The van der Waals surface area contributed by atoms with E-state index in [9.17, 15) is 4.79 Å². The quantitative estimate of drug-likeness (QED) is 0.124. The number of carbonyl (C=O) groups is 1. The lowest BCUT2D eigenvalue weighted by Crippen LogP contribution is -2.50. The van der Waals surface area contributed by atoms with Gasteiger partial charge in [-0.2, -0.15) is 0 Å². The van der Waals surface area contributed by atoms with E-state index in [0.717, 1.165) is 55.3 Å². The molecule has 3 fully saturated rings. The highest BCUT2D eigenvalue weighted by Gasteiger charge is 2.58. The minimum absolute atomic E-state index is 0.0923. The van der Waals surface area contributed by atoms with Crippen LogP contribution in [0.4, 0.5) is 0 Å². The number of esters is 1. The van der Waals surface area contributed by atoms with E-state index in [1.54, 1.807) is 5.57 Å². The average molecular weight is 541 g/mol. The molecule has 0 aliphatic heterocycles. The molecule has 8 atom stereocenters. The van der Waals surface area contributed by atoms with Crippen molar-refractivity contribution >= 4 is 5.97 Å². The standard InChI is InChI=1S/C37H64O2/c1-7-9-10-11-12-16-28(8-2)35(38)39-31-22-24-37(6)30(26-31)18-20-32-33-21-19-29(17-14-13-15-27(3)4)36(33,5)25-23-34(32)37/h18,27-29,31-34H,7-17,19-26H2,1-6H3. The molecule has 0 bridgehead atoms. The van der Waals surface area contributed by atoms with Crippen LogP contribution in [0.1, 0.15) is 164 Å². The van der Waals surface area contributed by atoms with Gasteiger partial charge in [0.1, 0.15) is 6.10 Å². The molecule has 0 N–H and O–H groups in total. The zero-order valence-corrected chi connectivity index (χ0v) is 26.9. The van der Waals surface area contributed by atoms with Crippen molar-refractivity contribution in [2.24, 2.45) is 46.3 Å². The van der Waals surface area contributed by atoms with Gasteiger partial charge in [0.2, 0.25) is 0 Å². The molecule has 0 aromatic carbocycles. The molecule has 0 spiro atoms. The Morgan fingerprint density at radius 3 is 2.44 bits per heavy atom. The van der Waals surface area contributed by atoms with Crippen molar-refractivity contribution in [1.82, 2.24) is 0 Å². The maximum Gasteiger partial charge on any atom is 0.309 e. The normalized spacial score (nSPS) is 36.6. The van der Waals surface area contributed by atoms with Crippen LogP contribution in [0.25, 0.3) is 0 Å². The lowest BCUT2D eigenvalue weighted by molar-refractivity contribution is -0.157. The molecule has 4 aliphatic carbocycles. The Labute approximate surface area is 242 Å². The number of hydrogen-bond acceptors (Lipinski definition) is 2. The number of allylic oxidation sites excluding steroid dienone is 1. The molecule has 4 aliphatic rings. The van der Waals surface area contributed by atoms with Crippen LogP contribution in [0.5, 0.6) is 0 Å². The SMILES string of the molecule is CCCCCCCC(CC)C(=O)OC1CCC2(C)C(=CCC3C2CCC2(C)C(CCCCC(C)C)CCC32)C1. The number of ether oxygens (including phenoxy) is 1. The zero-order chi connectivity index (χ0) is 28.0. The van der Waals surface area contributed by atoms with Crippen molar-refractivity contribution in [3.63, 3.8) is 0 Å². The van der Waals surface area contributed by atoms with Crippen molar-refractivity contribution in [3.05, 3.63) is 11.6 Å². The molecule has 0 aromatic heterocycles. The van der Waals surface area contributed by atoms with E-state index in [-0.39, 0.29) is 18.0 Å². The van der Waals surface area contributed by atoms with Crippen molar-refractivity contribution < 1.29 is 9.53 Å². The maximum atomic E-state index is 13.1. The fourth-order valence-electron chi connectivity index (χ4n) is 10.00. The predicted octanol–water partition coefficient (Wildman–Crippen LogP) is 11.1. The highest BCUT2D eigenvalue weighted by atomic mass is 16.5. The molecular weight excluding hydrogens is 476 g/mol. The topological polar surface area (TPSA) is 26.3 Å². The molecule has 3 saturated carbocycles. The van der Waals surface area contributed by atoms with Crippen LogP contribution in [0, 0.1) is 46.3 Å². The molecule has 0 heterocycles. The third kappa shape index (κ3) is 6.99. The van der Waals surface area contributed by atoms with Gasteiger partial charge in [-0.1, -0.05) is 105 Å². The Kier molecular flexibility index (Phi) is 11.1. The fraction of sp³-hybridized carbons (Fsp3) is 0.919. The highest BCUT2D eigenvalue weighted by molar-refractivity contribution is 5.72. The van der Waals surface area contributed by atoms with Gasteiger partial charge in [-0.05, 0) is 105 Å². The Hall–Kier alpha value is -0.790. The van der Waals surface area contributed by atoms with Crippen LogP contribution in [-0.2, 0) is 9.53 Å². The molecule has 0 radical (unpaired) electrons. The van der Waals surface area contributed by atoms with Gasteiger partial charge in [-0.25, -0.2) is 0 Å². The summed E-state index contributed by atoms with van der Waals surface area (Å²) in [6.45, 7) is 14.5. The predicted molar refractivity (Wildman–Crippen MR) is 166 cm³/mol. The summed E-state index contributed by atoms with van der Waals surface area (Å²) in [4.78, 5) is 13.1. The third-order valence-electron chi connectivity index (χ3n) is 12.6. The number of rotatable bonds is 14. The minimum Gasteiger partial charge on any atom is -0.462 e. The summed E-state index contributed by atoms with van der Waals surface area (Å²) >= 11 is 0. The van der Waals surface area contributed by atoms with E-state index in [1.165, 1.54) is 96.3 Å². The maximum absolute atomic E-state index is 13.1. The lowest BCUT2D eigenvalue weighted by Gasteiger charge is -2.58. The molecule has 39 heavy (non-hydrogen) atoms. The van der Waals surface area contributed by atoms with Crippen molar-refractivity contribution in [3.8, 4) is 0 Å². The van der Waals surface area contributed by atoms with Crippen LogP contribution in [0.3, 0.4) is 0 Å². The summed E-state index contributed by atoms with van der Waals surface area (Å²) in [5.41, 5.74) is 2.57. The second kappa shape index (κ2) is 13.9. The van der Waals surface area contributed by atoms with E-state index in [0.29, 0.717) is 10.8 Å². The summed E-state index contributed by atoms with van der Waals surface area (Å²) < 4.78 is 6.23. The first-order valence-electron chi connectivity index (χ1n) is 17.6. The fourth-order valence-corrected chi connectivity index (χ4v) is 10.00. The van der Waals surface area contributed by atoms with Crippen molar-refractivity contribution in [2.45, 2.75) is 170 Å². The van der Waals surface area contributed by atoms with Crippen LogP contribution in [0.2, 0.25) is 0 Å². The average Bonchev–Trinajstić information content (AvgIpc) is 3.25. The van der Waals surface area contributed by atoms with E-state index < -0.39 is 0 Å². The monoisotopic (exact) mass is 540 g/mol. The van der Waals surface area contributed by atoms with Gasteiger partial charge in [-0.15, -0.1) is 0 Å². The lowest BCUT2D eigenvalue weighted by atomic mass is 9.47. The smallest absolute Gasteiger partial charge is 0.309 e. The number of unbranched alkanes of at least 4 members (excludes halogenated alkanes) is 5. The van der Waals surface area contributed by atoms with Crippen molar-refractivity contribution in [2.75, 3.05) is 0 Å². The van der Waals surface area contributed by atoms with E-state index in [1.807, 2.05) is 0 Å². The Morgan fingerprint density at radius 2 is 1.69 bits per heavy atom. The summed E-state index contributed by atoms with van der Waals surface area (Å²) in [6, 6.07) is 0. The Bertz CT molecular complexity index is 812. The van der Waals surface area contributed by atoms with Crippen molar-refractivity contribution in [1.29, 1.82) is 0 Å². The molecule has 224 valence electrons. The minimum atomic E-state index is 0.0923. The molecule has 2 nitrogen and oxygen atoms in total. The van der Waals surface area contributed by atoms with E-state index in [2.05, 4.69) is 47.6 Å². The van der Waals surface area contributed by atoms with E-state index in [4.69, 9.17) is 4.74 Å². The second-order valence-corrected chi connectivity index (χ2v) is 15.4. The summed E-state index contributed by atoms with van der Waals surface area (Å²) in [7, 11) is 0. The highest BCUT2D eigenvalue weighted by Crippen LogP contribution is 2.66. The first kappa shape index (κ1) is 31.2. The van der Waals surface area contributed by atoms with Crippen LogP contribution >= 0.6 is 0 Å². The Balaban J connectivity index is 1.32. The van der Waals surface area contributed by atoms with Gasteiger partial charge in [0, 0.05) is 6.42 Å². The number of fused-ring (bicyclic) bond motifs is 5. The Morgan fingerprint density at radius 1 is 0.923 bits per heavy atom. The third-order valence-corrected chi connectivity index (χ3v) is 12.6. The summed E-state index contributed by atoms with van der Waals surface area (Å²) in [5, 5.41) is 0. The van der Waals surface area contributed by atoms with Crippen LogP contribution in [0.15, 0.2) is 11.6 Å². The van der Waals surface area contributed by atoms with Gasteiger partial charge in [0.25, 0.3) is 0 Å². The molecule has 8 unspecified atom stereocenters. The largest absolute Gasteiger partial charge is 0.462 e. The van der Waals surface area contributed by atoms with Gasteiger partial charge in [0.15, 0.2) is 0 Å². The van der Waals surface area contributed by atoms with Gasteiger partial charge < -0.3 is 4.74 Å². The first-order valence-corrected chi connectivity index (χ1v) is 17.6. The molecule has 2 heteroatoms. The van der Waals surface area contributed by atoms with E-state index >= 15 is 0 Å². The summed E-state index contributed by atoms with van der Waals surface area (Å²) in [5.74, 6) is 4.66. The van der Waals surface area contributed by atoms with Crippen LogP contribution < -0.4 is 0 Å². The second-order valence-electron chi connectivity index (χ2n) is 15.4. The van der Waals surface area contributed by atoms with Gasteiger partial charge in [0.05, 0.1) is 5.92 Å². The zero-order valence-electron chi connectivity index (χ0n) is 26.9. The van der Waals surface area contributed by atoms with Gasteiger partial charge >= 0.3 is 5.97 Å². The number of hydrogen-bond donors (Lipinski definition) is 0. The molecule has 0 aromatic rings. The molecular formula is C37H64O2. The molecule has 0 saturated heterocycles. The van der Waals surface area contributed by atoms with Gasteiger partial charge in [-0.3, -0.25) is 4.79 Å². The first-order chi connectivity index (χ1) is 18.7.